The zero-order chi connectivity index (χ0) is 18.6. The van der Waals surface area contributed by atoms with E-state index >= 15 is 0 Å². The summed E-state index contributed by atoms with van der Waals surface area (Å²) in [5.41, 5.74) is 1.16. The van der Waals surface area contributed by atoms with Crippen LogP contribution in [0.4, 0.5) is 4.39 Å². The van der Waals surface area contributed by atoms with E-state index in [2.05, 4.69) is 19.9 Å². The Balaban J connectivity index is 1.64. The van der Waals surface area contributed by atoms with Crippen LogP contribution < -0.4 is 4.74 Å². The fourth-order valence-electron chi connectivity index (χ4n) is 4.21. The van der Waals surface area contributed by atoms with Crippen LogP contribution in [0.5, 0.6) is 5.75 Å². The standard InChI is InChI=1S/C24H39FO/c1-3-5-6-7-8-9-10-11-18-26-24-17-16-22(19-23(24)25)21-14-12-20(4-2)13-15-21/h16-17,19-21H,3-15,18H2,1-2H3/t20-,21-. The third kappa shape index (κ3) is 7.29. The summed E-state index contributed by atoms with van der Waals surface area (Å²) in [7, 11) is 0. The second-order valence-corrected chi connectivity index (χ2v) is 8.14. The van der Waals surface area contributed by atoms with Crippen molar-refractivity contribution >= 4 is 0 Å². The lowest BCUT2D eigenvalue weighted by atomic mass is 9.78. The smallest absolute Gasteiger partial charge is 0.165 e. The quantitative estimate of drug-likeness (QED) is 0.342. The number of unbranched alkanes of at least 4 members (excludes halogenated alkanes) is 7. The first-order chi connectivity index (χ1) is 12.7. The summed E-state index contributed by atoms with van der Waals surface area (Å²) >= 11 is 0. The van der Waals surface area contributed by atoms with E-state index in [1.807, 2.05) is 6.07 Å². The van der Waals surface area contributed by atoms with Gasteiger partial charge in [0.05, 0.1) is 6.61 Å². The molecule has 0 aromatic heterocycles. The van der Waals surface area contributed by atoms with Crippen molar-refractivity contribution in [1.82, 2.24) is 0 Å². The second-order valence-electron chi connectivity index (χ2n) is 8.14. The fourth-order valence-corrected chi connectivity index (χ4v) is 4.21. The first-order valence-electron chi connectivity index (χ1n) is 11.2. The van der Waals surface area contributed by atoms with Gasteiger partial charge in [0.15, 0.2) is 11.6 Å². The molecule has 148 valence electrons. The summed E-state index contributed by atoms with van der Waals surface area (Å²) in [5.74, 6) is 1.66. The van der Waals surface area contributed by atoms with E-state index in [0.717, 1.165) is 17.9 Å². The Bertz CT molecular complexity index is 491. The van der Waals surface area contributed by atoms with Gasteiger partial charge in [0.2, 0.25) is 0 Å². The minimum Gasteiger partial charge on any atom is -0.491 e. The second kappa shape index (κ2) is 12.4. The maximum Gasteiger partial charge on any atom is 0.165 e. The van der Waals surface area contributed by atoms with Crippen molar-refractivity contribution < 1.29 is 9.13 Å². The number of hydrogen-bond donors (Lipinski definition) is 0. The highest BCUT2D eigenvalue weighted by Gasteiger charge is 2.22. The summed E-state index contributed by atoms with van der Waals surface area (Å²) in [6, 6.07) is 5.66. The molecule has 2 heteroatoms. The van der Waals surface area contributed by atoms with Gasteiger partial charge < -0.3 is 4.74 Å². The minimum atomic E-state index is -0.181. The lowest BCUT2D eigenvalue weighted by Gasteiger charge is -2.28. The molecule has 0 radical (unpaired) electrons. The molecule has 0 unspecified atom stereocenters. The Morgan fingerprint density at radius 2 is 1.54 bits per heavy atom. The van der Waals surface area contributed by atoms with Gasteiger partial charge >= 0.3 is 0 Å². The predicted octanol–water partition coefficient (Wildman–Crippen LogP) is 8.03. The van der Waals surface area contributed by atoms with Crippen LogP contribution >= 0.6 is 0 Å². The molecule has 2 rings (SSSR count). The third-order valence-corrected chi connectivity index (χ3v) is 6.11. The Labute approximate surface area is 160 Å². The SMILES string of the molecule is CCCCCCCCCCOc1ccc([C@H]2CC[C@H](CC)CC2)cc1F. The number of benzene rings is 1. The average molecular weight is 363 g/mol. The van der Waals surface area contributed by atoms with Crippen LogP contribution in [0, 0.1) is 11.7 Å². The van der Waals surface area contributed by atoms with Gasteiger partial charge in [0.1, 0.15) is 0 Å². The fraction of sp³-hybridized carbons (Fsp3) is 0.750. The third-order valence-electron chi connectivity index (χ3n) is 6.11. The molecule has 0 N–H and O–H groups in total. The lowest BCUT2D eigenvalue weighted by Crippen LogP contribution is -2.12. The molecule has 0 saturated heterocycles. The van der Waals surface area contributed by atoms with Crippen LogP contribution in [0.15, 0.2) is 18.2 Å². The molecule has 1 aromatic rings. The van der Waals surface area contributed by atoms with Gasteiger partial charge in [-0.25, -0.2) is 4.39 Å². The van der Waals surface area contributed by atoms with Gasteiger partial charge in [0, 0.05) is 0 Å². The monoisotopic (exact) mass is 362 g/mol. The Hall–Kier alpha value is -1.05. The van der Waals surface area contributed by atoms with Gasteiger partial charge in [-0.3, -0.25) is 0 Å². The van der Waals surface area contributed by atoms with Crippen molar-refractivity contribution in [3.05, 3.63) is 29.6 Å². The molecule has 0 atom stereocenters. The predicted molar refractivity (Wildman–Crippen MR) is 109 cm³/mol. The zero-order valence-corrected chi connectivity index (χ0v) is 17.1. The maximum atomic E-state index is 14.4. The van der Waals surface area contributed by atoms with E-state index in [1.54, 1.807) is 6.07 Å². The average Bonchev–Trinajstić information content (AvgIpc) is 2.68. The summed E-state index contributed by atoms with van der Waals surface area (Å²) in [6.07, 6.45) is 16.5. The van der Waals surface area contributed by atoms with E-state index in [1.165, 1.54) is 77.0 Å². The molecule has 1 fully saturated rings. The molecule has 1 nitrogen and oxygen atoms in total. The van der Waals surface area contributed by atoms with Gasteiger partial charge in [-0.2, -0.15) is 0 Å². The molecule has 1 aliphatic rings. The van der Waals surface area contributed by atoms with E-state index in [-0.39, 0.29) is 5.82 Å². The zero-order valence-electron chi connectivity index (χ0n) is 17.1. The number of hydrogen-bond acceptors (Lipinski definition) is 1. The number of rotatable bonds is 12. The van der Waals surface area contributed by atoms with E-state index in [4.69, 9.17) is 4.74 Å². The Morgan fingerprint density at radius 1 is 0.885 bits per heavy atom. The van der Waals surface area contributed by atoms with Crippen LogP contribution in [0.3, 0.4) is 0 Å². The van der Waals surface area contributed by atoms with Crippen LogP contribution in [-0.2, 0) is 0 Å². The van der Waals surface area contributed by atoms with Crippen molar-refractivity contribution in [2.24, 2.45) is 5.92 Å². The molecule has 0 aliphatic heterocycles. The molecule has 0 bridgehead atoms. The molecule has 1 aromatic carbocycles. The highest BCUT2D eigenvalue weighted by molar-refractivity contribution is 5.31. The first kappa shape index (κ1) is 21.3. The van der Waals surface area contributed by atoms with Crippen LogP contribution in [0.1, 0.15) is 109 Å². The van der Waals surface area contributed by atoms with Crippen molar-refractivity contribution in [1.29, 1.82) is 0 Å². The van der Waals surface area contributed by atoms with E-state index < -0.39 is 0 Å². The summed E-state index contributed by atoms with van der Waals surface area (Å²) in [5, 5.41) is 0. The maximum absolute atomic E-state index is 14.4. The molecule has 0 spiro atoms. The van der Waals surface area contributed by atoms with Crippen molar-refractivity contribution in [3.8, 4) is 5.75 Å². The normalized spacial score (nSPS) is 20.3. The minimum absolute atomic E-state index is 0.181. The van der Waals surface area contributed by atoms with Gasteiger partial charge in [-0.1, -0.05) is 71.3 Å². The van der Waals surface area contributed by atoms with E-state index in [0.29, 0.717) is 18.3 Å². The van der Waals surface area contributed by atoms with Gasteiger partial charge in [-0.15, -0.1) is 0 Å². The molecular weight excluding hydrogens is 323 g/mol. The molecule has 0 heterocycles. The Morgan fingerprint density at radius 3 is 2.15 bits per heavy atom. The summed E-state index contributed by atoms with van der Waals surface area (Å²) < 4.78 is 20.1. The largest absolute Gasteiger partial charge is 0.491 e. The first-order valence-corrected chi connectivity index (χ1v) is 11.2. The number of halogens is 1. The van der Waals surface area contributed by atoms with Crippen molar-refractivity contribution in [2.75, 3.05) is 6.61 Å². The van der Waals surface area contributed by atoms with Crippen molar-refractivity contribution in [2.45, 2.75) is 103 Å². The molecule has 1 saturated carbocycles. The summed E-state index contributed by atoms with van der Waals surface area (Å²) in [6.45, 7) is 5.16. The highest BCUT2D eigenvalue weighted by atomic mass is 19.1. The highest BCUT2D eigenvalue weighted by Crippen LogP contribution is 2.37. The molecule has 0 amide bonds. The molecular formula is C24H39FO. The van der Waals surface area contributed by atoms with Gasteiger partial charge in [0.25, 0.3) is 0 Å². The topological polar surface area (TPSA) is 9.23 Å². The van der Waals surface area contributed by atoms with Crippen LogP contribution in [0.25, 0.3) is 0 Å². The molecule has 26 heavy (non-hydrogen) atoms. The van der Waals surface area contributed by atoms with Crippen LogP contribution in [0.2, 0.25) is 0 Å². The molecule has 1 aliphatic carbocycles. The lowest BCUT2D eigenvalue weighted by molar-refractivity contribution is 0.288. The van der Waals surface area contributed by atoms with Crippen molar-refractivity contribution in [3.63, 3.8) is 0 Å². The Kier molecular flexibility index (Phi) is 10.1. The summed E-state index contributed by atoms with van der Waals surface area (Å²) in [4.78, 5) is 0. The van der Waals surface area contributed by atoms with E-state index in [9.17, 15) is 4.39 Å². The number of ether oxygens (including phenoxy) is 1. The van der Waals surface area contributed by atoms with Crippen LogP contribution in [-0.4, -0.2) is 6.61 Å². The van der Waals surface area contributed by atoms with Gasteiger partial charge in [-0.05, 0) is 61.6 Å².